The van der Waals surface area contributed by atoms with E-state index in [1.807, 2.05) is 48.5 Å². The molecule has 29 heavy (non-hydrogen) atoms. The van der Waals surface area contributed by atoms with Gasteiger partial charge < -0.3 is 4.74 Å². The summed E-state index contributed by atoms with van der Waals surface area (Å²) in [6, 6.07) is 24.4. The third-order valence-corrected chi connectivity index (χ3v) is 5.39. The van der Waals surface area contributed by atoms with Crippen molar-refractivity contribution in [2.45, 2.75) is 51.4 Å². The zero-order valence-electron chi connectivity index (χ0n) is 17.6. The van der Waals surface area contributed by atoms with Crippen LogP contribution in [-0.2, 0) is 11.8 Å². The summed E-state index contributed by atoms with van der Waals surface area (Å²) in [6.45, 7) is 6.57. The standard InChI is InChI=1S/C27H29NO/c1-5-27(4,23-18-16-22(17-19-23)21(2)3)20-10-12-24-11-9-15-26(28-24)29-25-13-7-6-8-14-25/h1,6-9,11,13-19,21H,10,12,20H2,2-4H3. The van der Waals surface area contributed by atoms with E-state index < -0.39 is 0 Å². The highest BCUT2D eigenvalue weighted by Gasteiger charge is 2.23. The minimum absolute atomic E-state index is 0.270. The van der Waals surface area contributed by atoms with Gasteiger partial charge in [-0.05, 0) is 61.4 Å². The second kappa shape index (κ2) is 9.43. The van der Waals surface area contributed by atoms with Gasteiger partial charge in [0.1, 0.15) is 5.75 Å². The molecule has 1 unspecified atom stereocenters. The monoisotopic (exact) mass is 383 g/mol. The van der Waals surface area contributed by atoms with Crippen molar-refractivity contribution in [3.8, 4) is 24.0 Å². The van der Waals surface area contributed by atoms with Gasteiger partial charge in [0.05, 0.1) is 5.41 Å². The predicted molar refractivity (Wildman–Crippen MR) is 120 cm³/mol. The lowest BCUT2D eigenvalue weighted by Gasteiger charge is -2.25. The zero-order valence-corrected chi connectivity index (χ0v) is 17.6. The number of para-hydroxylation sites is 1. The Morgan fingerprint density at radius 3 is 2.34 bits per heavy atom. The summed E-state index contributed by atoms with van der Waals surface area (Å²) in [5.41, 5.74) is 3.30. The molecular formula is C27H29NO. The average Bonchev–Trinajstić information content (AvgIpc) is 2.74. The van der Waals surface area contributed by atoms with Crippen molar-refractivity contribution < 1.29 is 4.74 Å². The van der Waals surface area contributed by atoms with Gasteiger partial charge in [-0.25, -0.2) is 4.98 Å². The highest BCUT2D eigenvalue weighted by atomic mass is 16.5. The summed E-state index contributed by atoms with van der Waals surface area (Å²) in [7, 11) is 0. The molecule has 0 N–H and O–H groups in total. The number of rotatable bonds is 8. The number of pyridine rings is 1. The molecule has 1 heterocycles. The van der Waals surface area contributed by atoms with Crippen LogP contribution in [0.25, 0.3) is 0 Å². The van der Waals surface area contributed by atoms with Crippen molar-refractivity contribution in [2.75, 3.05) is 0 Å². The molecular weight excluding hydrogens is 354 g/mol. The fourth-order valence-corrected chi connectivity index (χ4v) is 3.42. The summed E-state index contributed by atoms with van der Waals surface area (Å²) in [4.78, 5) is 4.64. The Hall–Kier alpha value is -3.05. The molecule has 0 aliphatic heterocycles. The van der Waals surface area contributed by atoms with Gasteiger partial charge in [-0.2, -0.15) is 0 Å². The first-order valence-corrected chi connectivity index (χ1v) is 10.3. The molecule has 2 aromatic carbocycles. The molecule has 0 amide bonds. The summed E-state index contributed by atoms with van der Waals surface area (Å²) in [5.74, 6) is 4.97. The summed E-state index contributed by atoms with van der Waals surface area (Å²) in [5, 5.41) is 0. The Labute approximate surface area is 175 Å². The molecule has 3 aromatic rings. The maximum Gasteiger partial charge on any atom is 0.219 e. The van der Waals surface area contributed by atoms with E-state index in [1.54, 1.807) is 0 Å². The molecule has 0 aliphatic carbocycles. The van der Waals surface area contributed by atoms with Crippen LogP contribution in [0.5, 0.6) is 11.6 Å². The van der Waals surface area contributed by atoms with Crippen LogP contribution in [0.15, 0.2) is 72.8 Å². The highest BCUT2D eigenvalue weighted by Crippen LogP contribution is 2.30. The number of nitrogens with zero attached hydrogens (tertiary/aromatic N) is 1. The molecule has 0 radical (unpaired) electrons. The largest absolute Gasteiger partial charge is 0.439 e. The lowest BCUT2D eigenvalue weighted by atomic mass is 9.78. The number of hydrogen-bond acceptors (Lipinski definition) is 2. The quantitative estimate of drug-likeness (QED) is 0.394. The summed E-state index contributed by atoms with van der Waals surface area (Å²) in [6.07, 6.45) is 8.69. The summed E-state index contributed by atoms with van der Waals surface area (Å²) >= 11 is 0. The number of ether oxygens (including phenoxy) is 1. The second-order valence-electron chi connectivity index (χ2n) is 7.99. The van der Waals surface area contributed by atoms with Gasteiger partial charge in [-0.1, -0.05) is 68.3 Å². The van der Waals surface area contributed by atoms with Gasteiger partial charge in [0, 0.05) is 11.8 Å². The van der Waals surface area contributed by atoms with Crippen molar-refractivity contribution in [1.29, 1.82) is 0 Å². The lowest BCUT2D eigenvalue weighted by Crippen LogP contribution is -2.20. The molecule has 148 valence electrons. The zero-order chi connectivity index (χ0) is 20.7. The minimum atomic E-state index is -0.270. The molecule has 0 saturated carbocycles. The summed E-state index contributed by atoms with van der Waals surface area (Å²) < 4.78 is 5.84. The average molecular weight is 384 g/mol. The first kappa shape index (κ1) is 20.7. The lowest BCUT2D eigenvalue weighted by molar-refractivity contribution is 0.459. The molecule has 1 aromatic heterocycles. The molecule has 2 heteroatoms. The molecule has 0 spiro atoms. The normalized spacial score (nSPS) is 12.9. The fourth-order valence-electron chi connectivity index (χ4n) is 3.42. The van der Waals surface area contributed by atoms with Gasteiger partial charge in [0.15, 0.2) is 0 Å². The van der Waals surface area contributed by atoms with Gasteiger partial charge in [-0.3, -0.25) is 0 Å². The number of hydrogen-bond donors (Lipinski definition) is 0. The van der Waals surface area contributed by atoms with Gasteiger partial charge in [0.2, 0.25) is 5.88 Å². The number of terminal acetylenes is 1. The Balaban J connectivity index is 1.62. The Morgan fingerprint density at radius 1 is 0.966 bits per heavy atom. The minimum Gasteiger partial charge on any atom is -0.439 e. The van der Waals surface area contributed by atoms with E-state index in [2.05, 4.69) is 55.9 Å². The van der Waals surface area contributed by atoms with E-state index in [0.29, 0.717) is 11.8 Å². The van der Waals surface area contributed by atoms with E-state index >= 15 is 0 Å². The number of aryl methyl sites for hydroxylation is 1. The van der Waals surface area contributed by atoms with Crippen LogP contribution in [0.2, 0.25) is 0 Å². The van der Waals surface area contributed by atoms with Crippen LogP contribution in [-0.4, -0.2) is 4.98 Å². The Bertz CT molecular complexity index is 954. The van der Waals surface area contributed by atoms with Crippen LogP contribution in [0, 0.1) is 12.3 Å². The first-order chi connectivity index (χ1) is 14.0. The van der Waals surface area contributed by atoms with E-state index in [4.69, 9.17) is 11.2 Å². The van der Waals surface area contributed by atoms with Crippen LogP contribution in [0.3, 0.4) is 0 Å². The molecule has 2 nitrogen and oxygen atoms in total. The van der Waals surface area contributed by atoms with Crippen LogP contribution in [0.1, 0.15) is 56.4 Å². The Kier molecular flexibility index (Phi) is 6.73. The third-order valence-electron chi connectivity index (χ3n) is 5.39. The Morgan fingerprint density at radius 2 is 1.69 bits per heavy atom. The van der Waals surface area contributed by atoms with Gasteiger partial charge in [-0.15, -0.1) is 6.42 Å². The molecule has 0 aliphatic rings. The maximum atomic E-state index is 5.94. The van der Waals surface area contributed by atoms with Crippen molar-refractivity contribution >= 4 is 0 Å². The third kappa shape index (κ3) is 5.48. The van der Waals surface area contributed by atoms with Crippen molar-refractivity contribution in [3.63, 3.8) is 0 Å². The maximum absolute atomic E-state index is 5.94. The van der Waals surface area contributed by atoms with Crippen LogP contribution in [0.4, 0.5) is 0 Å². The first-order valence-electron chi connectivity index (χ1n) is 10.3. The van der Waals surface area contributed by atoms with Crippen molar-refractivity contribution in [1.82, 2.24) is 4.98 Å². The number of benzene rings is 2. The molecule has 1 atom stereocenters. The smallest absolute Gasteiger partial charge is 0.219 e. The van der Waals surface area contributed by atoms with Crippen LogP contribution < -0.4 is 4.74 Å². The van der Waals surface area contributed by atoms with Crippen molar-refractivity contribution in [3.05, 3.63) is 89.6 Å². The number of aromatic nitrogens is 1. The van der Waals surface area contributed by atoms with Gasteiger partial charge in [0.25, 0.3) is 0 Å². The molecule has 0 bridgehead atoms. The van der Waals surface area contributed by atoms with Crippen molar-refractivity contribution in [2.24, 2.45) is 0 Å². The van der Waals surface area contributed by atoms with E-state index in [1.165, 1.54) is 11.1 Å². The molecule has 3 rings (SSSR count). The van der Waals surface area contributed by atoms with Gasteiger partial charge >= 0.3 is 0 Å². The SMILES string of the molecule is C#CC(C)(CCCc1cccc(Oc2ccccc2)n1)c1ccc(C(C)C)cc1. The predicted octanol–water partition coefficient (Wildman–Crippen LogP) is 6.91. The fraction of sp³-hybridized carbons (Fsp3) is 0.296. The molecule has 0 fully saturated rings. The highest BCUT2D eigenvalue weighted by molar-refractivity contribution is 5.36. The van der Waals surface area contributed by atoms with E-state index in [0.717, 1.165) is 30.7 Å². The second-order valence-corrected chi connectivity index (χ2v) is 7.99. The van der Waals surface area contributed by atoms with E-state index in [9.17, 15) is 0 Å². The topological polar surface area (TPSA) is 22.1 Å². The van der Waals surface area contributed by atoms with Crippen LogP contribution >= 0.6 is 0 Å². The van der Waals surface area contributed by atoms with E-state index in [-0.39, 0.29) is 5.41 Å². The molecule has 0 saturated heterocycles.